The molecule has 0 saturated carbocycles. The zero-order valence-electron chi connectivity index (χ0n) is 11.3. The van der Waals surface area contributed by atoms with Crippen LogP contribution < -0.4 is 10.5 Å². The van der Waals surface area contributed by atoms with Gasteiger partial charge in [0.15, 0.2) is 0 Å². The minimum atomic E-state index is 0.0776. The van der Waals surface area contributed by atoms with Gasteiger partial charge in [0.1, 0.15) is 18.2 Å². The summed E-state index contributed by atoms with van der Waals surface area (Å²) in [5.41, 5.74) is 6.12. The second-order valence-electron chi connectivity index (χ2n) is 4.77. The molecule has 1 saturated heterocycles. The first-order valence-corrected chi connectivity index (χ1v) is 6.56. The molecule has 1 aromatic rings. The molecule has 19 heavy (non-hydrogen) atoms. The van der Waals surface area contributed by atoms with Gasteiger partial charge < -0.3 is 15.2 Å². The van der Waals surface area contributed by atoms with Crippen molar-refractivity contribution in [2.45, 2.75) is 13.0 Å². The van der Waals surface area contributed by atoms with Crippen LogP contribution in [-0.2, 0) is 4.74 Å². The molecule has 5 heteroatoms. The zero-order valence-corrected chi connectivity index (χ0v) is 11.3. The molecular weight excluding hydrogens is 242 g/mol. The molecule has 1 unspecified atom stereocenters. The summed E-state index contributed by atoms with van der Waals surface area (Å²) in [6.45, 7) is 6.39. The third kappa shape index (κ3) is 4.22. The summed E-state index contributed by atoms with van der Waals surface area (Å²) in [7, 11) is 0. The highest BCUT2D eigenvalue weighted by Crippen LogP contribution is 2.12. The van der Waals surface area contributed by atoms with Gasteiger partial charge in [-0.15, -0.1) is 0 Å². The molecule has 1 aromatic carbocycles. The van der Waals surface area contributed by atoms with Crippen molar-refractivity contribution in [3.05, 3.63) is 29.8 Å². The van der Waals surface area contributed by atoms with Gasteiger partial charge in [0.2, 0.25) is 0 Å². The summed E-state index contributed by atoms with van der Waals surface area (Å²) in [5, 5.41) is 7.32. The van der Waals surface area contributed by atoms with Crippen LogP contribution in [-0.4, -0.2) is 49.7 Å². The third-order valence-electron chi connectivity index (χ3n) is 3.17. The molecule has 1 atom stereocenters. The van der Waals surface area contributed by atoms with E-state index in [4.69, 9.17) is 20.6 Å². The SMILES string of the molecule is CC1CN(CCOc2ccc(C(=N)N)cc2)CCO1. The lowest BCUT2D eigenvalue weighted by Crippen LogP contribution is -2.42. The highest BCUT2D eigenvalue weighted by Gasteiger charge is 2.15. The maximum absolute atomic E-state index is 7.32. The van der Waals surface area contributed by atoms with E-state index in [0.29, 0.717) is 18.3 Å². The molecule has 1 heterocycles. The van der Waals surface area contributed by atoms with Gasteiger partial charge in [0, 0.05) is 25.2 Å². The van der Waals surface area contributed by atoms with Crippen molar-refractivity contribution in [3.63, 3.8) is 0 Å². The molecule has 1 aliphatic heterocycles. The molecule has 0 aromatic heterocycles. The summed E-state index contributed by atoms with van der Waals surface area (Å²) in [6, 6.07) is 7.29. The van der Waals surface area contributed by atoms with E-state index in [1.54, 1.807) is 12.1 Å². The Balaban J connectivity index is 1.74. The van der Waals surface area contributed by atoms with Gasteiger partial charge in [-0.1, -0.05) is 0 Å². The summed E-state index contributed by atoms with van der Waals surface area (Å²) < 4.78 is 11.2. The lowest BCUT2D eigenvalue weighted by Gasteiger charge is -2.30. The number of nitrogens with two attached hydrogens (primary N) is 1. The quantitative estimate of drug-likeness (QED) is 0.616. The van der Waals surface area contributed by atoms with E-state index >= 15 is 0 Å². The molecule has 2 rings (SSSR count). The molecule has 0 amide bonds. The van der Waals surface area contributed by atoms with E-state index < -0.39 is 0 Å². The molecule has 0 bridgehead atoms. The summed E-state index contributed by atoms with van der Waals surface area (Å²) >= 11 is 0. The fraction of sp³-hybridized carbons (Fsp3) is 0.500. The summed E-state index contributed by atoms with van der Waals surface area (Å²) in [5.74, 6) is 0.889. The van der Waals surface area contributed by atoms with Crippen molar-refractivity contribution in [1.82, 2.24) is 4.90 Å². The van der Waals surface area contributed by atoms with Gasteiger partial charge in [0.05, 0.1) is 12.7 Å². The number of hydrogen-bond donors (Lipinski definition) is 2. The maximum Gasteiger partial charge on any atom is 0.122 e. The minimum absolute atomic E-state index is 0.0776. The Hall–Kier alpha value is -1.59. The average molecular weight is 263 g/mol. The van der Waals surface area contributed by atoms with Crippen molar-refractivity contribution in [1.29, 1.82) is 5.41 Å². The summed E-state index contributed by atoms with van der Waals surface area (Å²) in [6.07, 6.45) is 0.309. The van der Waals surface area contributed by atoms with Crippen LogP contribution in [0, 0.1) is 5.41 Å². The van der Waals surface area contributed by atoms with E-state index in [0.717, 1.165) is 32.0 Å². The van der Waals surface area contributed by atoms with Crippen molar-refractivity contribution >= 4 is 5.84 Å². The Morgan fingerprint density at radius 3 is 2.84 bits per heavy atom. The smallest absolute Gasteiger partial charge is 0.122 e. The van der Waals surface area contributed by atoms with Gasteiger partial charge in [-0.3, -0.25) is 10.3 Å². The maximum atomic E-state index is 7.32. The number of hydrogen-bond acceptors (Lipinski definition) is 4. The van der Waals surface area contributed by atoms with E-state index in [2.05, 4.69) is 11.8 Å². The zero-order chi connectivity index (χ0) is 13.7. The van der Waals surface area contributed by atoms with Crippen LogP contribution in [0.1, 0.15) is 12.5 Å². The highest BCUT2D eigenvalue weighted by atomic mass is 16.5. The van der Waals surface area contributed by atoms with Crippen LogP contribution in [0.25, 0.3) is 0 Å². The van der Waals surface area contributed by atoms with Crippen molar-refractivity contribution in [2.24, 2.45) is 5.73 Å². The standard InChI is InChI=1S/C14H21N3O2/c1-11-10-17(6-8-18-11)7-9-19-13-4-2-12(3-5-13)14(15)16/h2-5,11H,6-10H2,1H3,(H3,15,16). The number of amidine groups is 1. The van der Waals surface area contributed by atoms with Crippen LogP contribution in [0.2, 0.25) is 0 Å². The predicted molar refractivity (Wildman–Crippen MR) is 74.8 cm³/mol. The molecule has 104 valence electrons. The Morgan fingerprint density at radius 1 is 1.47 bits per heavy atom. The molecule has 0 spiro atoms. The first-order chi connectivity index (χ1) is 9.15. The van der Waals surface area contributed by atoms with E-state index in [-0.39, 0.29) is 5.84 Å². The van der Waals surface area contributed by atoms with Crippen molar-refractivity contribution in [3.8, 4) is 5.75 Å². The molecule has 0 aliphatic carbocycles. The predicted octanol–water partition coefficient (Wildman–Crippen LogP) is 1.07. The lowest BCUT2D eigenvalue weighted by atomic mass is 10.2. The topological polar surface area (TPSA) is 71.6 Å². The van der Waals surface area contributed by atoms with Gasteiger partial charge in [-0.05, 0) is 31.2 Å². The van der Waals surface area contributed by atoms with Crippen LogP contribution in [0.15, 0.2) is 24.3 Å². The number of rotatable bonds is 5. The van der Waals surface area contributed by atoms with E-state index in [1.807, 2.05) is 12.1 Å². The van der Waals surface area contributed by atoms with E-state index in [9.17, 15) is 0 Å². The molecule has 3 N–H and O–H groups in total. The fourth-order valence-corrected chi connectivity index (χ4v) is 2.12. The fourth-order valence-electron chi connectivity index (χ4n) is 2.12. The number of benzene rings is 1. The van der Waals surface area contributed by atoms with Crippen LogP contribution >= 0.6 is 0 Å². The number of ether oxygens (including phenoxy) is 2. The monoisotopic (exact) mass is 263 g/mol. The first-order valence-electron chi connectivity index (χ1n) is 6.56. The largest absolute Gasteiger partial charge is 0.492 e. The normalized spacial score (nSPS) is 20.2. The molecular formula is C14H21N3O2. The number of nitrogens with zero attached hydrogens (tertiary/aromatic N) is 1. The first kappa shape index (κ1) is 13.8. The van der Waals surface area contributed by atoms with Crippen LogP contribution in [0.3, 0.4) is 0 Å². The molecule has 1 aliphatic rings. The van der Waals surface area contributed by atoms with Gasteiger partial charge in [-0.25, -0.2) is 0 Å². The molecule has 5 nitrogen and oxygen atoms in total. The van der Waals surface area contributed by atoms with Gasteiger partial charge in [-0.2, -0.15) is 0 Å². The van der Waals surface area contributed by atoms with Crippen LogP contribution in [0.4, 0.5) is 0 Å². The molecule has 1 fully saturated rings. The highest BCUT2D eigenvalue weighted by molar-refractivity contribution is 5.94. The van der Waals surface area contributed by atoms with Gasteiger partial charge in [0.25, 0.3) is 0 Å². The number of nitrogen functional groups attached to an aromatic ring is 1. The van der Waals surface area contributed by atoms with Crippen molar-refractivity contribution in [2.75, 3.05) is 32.8 Å². The molecule has 0 radical (unpaired) electrons. The van der Waals surface area contributed by atoms with Gasteiger partial charge >= 0.3 is 0 Å². The minimum Gasteiger partial charge on any atom is -0.492 e. The average Bonchev–Trinajstić information content (AvgIpc) is 2.39. The van der Waals surface area contributed by atoms with E-state index in [1.165, 1.54) is 0 Å². The van der Waals surface area contributed by atoms with Crippen LogP contribution in [0.5, 0.6) is 5.75 Å². The second kappa shape index (κ2) is 6.54. The Morgan fingerprint density at radius 2 is 2.21 bits per heavy atom. The lowest BCUT2D eigenvalue weighted by molar-refractivity contribution is -0.0214. The summed E-state index contributed by atoms with van der Waals surface area (Å²) in [4.78, 5) is 2.35. The Kier molecular flexibility index (Phi) is 4.76. The Labute approximate surface area is 113 Å². The Bertz CT molecular complexity index is 419. The van der Waals surface area contributed by atoms with Crippen molar-refractivity contribution < 1.29 is 9.47 Å². The second-order valence-corrected chi connectivity index (χ2v) is 4.77. The number of morpholine rings is 1. The number of nitrogens with one attached hydrogen (secondary N) is 1. The third-order valence-corrected chi connectivity index (χ3v) is 3.17.